The number of benzene rings is 4. The minimum atomic E-state index is 0.772. The van der Waals surface area contributed by atoms with Crippen molar-refractivity contribution in [1.82, 2.24) is 0 Å². The van der Waals surface area contributed by atoms with E-state index < -0.39 is 0 Å². The van der Waals surface area contributed by atoms with Gasteiger partial charge in [0.15, 0.2) is 0 Å². The van der Waals surface area contributed by atoms with Gasteiger partial charge in [-0.1, -0.05) is 110 Å². The maximum atomic E-state index is 8.25. The number of hydrogen-bond donors (Lipinski definition) is 1. The van der Waals surface area contributed by atoms with Crippen molar-refractivity contribution in [2.75, 3.05) is 4.90 Å². The van der Waals surface area contributed by atoms with E-state index in [0.29, 0.717) is 0 Å². The predicted octanol–water partition coefficient (Wildman–Crippen LogP) is 8.60. The third-order valence-corrected chi connectivity index (χ3v) is 6.35. The third kappa shape index (κ3) is 4.89. The van der Waals surface area contributed by atoms with Crippen LogP contribution in [0.1, 0.15) is 16.7 Å². The molecule has 36 heavy (non-hydrogen) atoms. The smallest absolute Gasteiger partial charge is 0.0631 e. The van der Waals surface area contributed by atoms with Crippen LogP contribution in [0.2, 0.25) is 0 Å². The lowest BCUT2D eigenvalue weighted by atomic mass is 9.92. The van der Waals surface area contributed by atoms with Gasteiger partial charge in [0.05, 0.1) is 11.4 Å². The zero-order valence-electron chi connectivity index (χ0n) is 20.1. The standard InChI is InChI=1S/C34H28N2/c1-26-24-30(28-15-6-3-7-16-28)22-23-36(33-21-20-29-17-9-11-19-32(29)34(26)33)31(25-35)18-10-8-14-27-12-4-2-5-13-27/h2-13,15-25,35H,1,14H2/b10-8+,23-22-,30-24+,31-18+,35-25?. The molecule has 1 aliphatic heterocycles. The van der Waals surface area contributed by atoms with Crippen molar-refractivity contribution in [2.24, 2.45) is 0 Å². The average molecular weight is 465 g/mol. The molecule has 0 saturated heterocycles. The molecule has 174 valence electrons. The van der Waals surface area contributed by atoms with Gasteiger partial charge < -0.3 is 10.3 Å². The Morgan fingerprint density at radius 1 is 0.833 bits per heavy atom. The Bertz CT molecular complexity index is 1520. The molecule has 1 heterocycles. The maximum Gasteiger partial charge on any atom is 0.0631 e. The van der Waals surface area contributed by atoms with Gasteiger partial charge in [0, 0.05) is 18.0 Å². The highest BCUT2D eigenvalue weighted by Crippen LogP contribution is 2.39. The van der Waals surface area contributed by atoms with E-state index in [4.69, 9.17) is 5.41 Å². The molecule has 0 atom stereocenters. The van der Waals surface area contributed by atoms with Gasteiger partial charge in [-0.15, -0.1) is 0 Å². The minimum Gasteiger partial charge on any atom is -0.315 e. The number of nitrogens with zero attached hydrogens (tertiary/aromatic N) is 1. The molecular weight excluding hydrogens is 436 g/mol. The molecule has 0 saturated carbocycles. The number of nitrogens with one attached hydrogen (secondary N) is 1. The summed E-state index contributed by atoms with van der Waals surface area (Å²) in [7, 11) is 0. The normalized spacial score (nSPS) is 16.2. The summed E-state index contributed by atoms with van der Waals surface area (Å²) in [5, 5.41) is 10.6. The quantitative estimate of drug-likeness (QED) is 0.224. The van der Waals surface area contributed by atoms with E-state index in [2.05, 4.69) is 109 Å². The Balaban J connectivity index is 1.61. The zero-order chi connectivity index (χ0) is 24.7. The molecule has 0 aromatic heterocycles. The molecule has 0 spiro atoms. The van der Waals surface area contributed by atoms with Gasteiger partial charge in [0.2, 0.25) is 0 Å². The van der Waals surface area contributed by atoms with Crippen LogP contribution in [0.5, 0.6) is 0 Å². The highest BCUT2D eigenvalue weighted by molar-refractivity contribution is 6.05. The molecule has 5 rings (SSSR count). The fraction of sp³-hybridized carbons (Fsp3) is 0.0294. The lowest BCUT2D eigenvalue weighted by Crippen LogP contribution is -2.18. The Labute approximate surface area is 213 Å². The molecule has 2 heteroatoms. The van der Waals surface area contributed by atoms with Crippen LogP contribution < -0.4 is 4.90 Å². The summed E-state index contributed by atoms with van der Waals surface area (Å²) in [6.07, 6.45) is 14.7. The van der Waals surface area contributed by atoms with Gasteiger partial charge in [-0.2, -0.15) is 0 Å². The third-order valence-electron chi connectivity index (χ3n) is 6.35. The molecular formula is C34H28N2. The van der Waals surface area contributed by atoms with Crippen LogP contribution in [0, 0.1) is 5.41 Å². The van der Waals surface area contributed by atoms with Crippen LogP contribution >= 0.6 is 0 Å². The van der Waals surface area contributed by atoms with Crippen molar-refractivity contribution < 1.29 is 0 Å². The largest absolute Gasteiger partial charge is 0.315 e. The van der Waals surface area contributed by atoms with E-state index in [0.717, 1.165) is 45.5 Å². The Kier molecular flexibility index (Phi) is 6.86. The van der Waals surface area contributed by atoms with Gasteiger partial charge in [-0.3, -0.25) is 0 Å². The number of fused-ring (bicyclic) bond motifs is 3. The number of rotatable bonds is 6. The molecule has 4 aromatic carbocycles. The molecule has 4 aromatic rings. The topological polar surface area (TPSA) is 27.1 Å². The summed E-state index contributed by atoms with van der Waals surface area (Å²) in [5.41, 5.74) is 7.26. The van der Waals surface area contributed by atoms with Gasteiger partial charge in [0.1, 0.15) is 0 Å². The molecule has 0 amide bonds. The van der Waals surface area contributed by atoms with Crippen LogP contribution in [0.3, 0.4) is 0 Å². The highest BCUT2D eigenvalue weighted by atomic mass is 15.1. The van der Waals surface area contributed by atoms with Crippen molar-refractivity contribution in [3.63, 3.8) is 0 Å². The monoisotopic (exact) mass is 464 g/mol. The Hall–Kier alpha value is -4.69. The lowest BCUT2D eigenvalue weighted by molar-refractivity contribution is 1.22. The molecule has 0 aliphatic carbocycles. The van der Waals surface area contributed by atoms with Crippen molar-refractivity contribution in [3.05, 3.63) is 163 Å². The van der Waals surface area contributed by atoms with Crippen molar-refractivity contribution in [2.45, 2.75) is 6.42 Å². The molecule has 0 unspecified atom stereocenters. The first-order valence-electron chi connectivity index (χ1n) is 12.1. The van der Waals surface area contributed by atoms with Crippen LogP contribution in [0.4, 0.5) is 5.69 Å². The Morgan fingerprint density at radius 2 is 1.56 bits per heavy atom. The van der Waals surface area contributed by atoms with E-state index in [1.807, 2.05) is 36.4 Å². The number of allylic oxidation sites excluding steroid dienone is 8. The second kappa shape index (κ2) is 10.7. The van der Waals surface area contributed by atoms with E-state index in [9.17, 15) is 0 Å². The highest BCUT2D eigenvalue weighted by Gasteiger charge is 2.18. The molecule has 0 radical (unpaired) electrons. The molecule has 1 aliphatic rings. The van der Waals surface area contributed by atoms with Crippen LogP contribution in [0.15, 0.2) is 146 Å². The van der Waals surface area contributed by atoms with Crippen molar-refractivity contribution >= 4 is 33.8 Å². The van der Waals surface area contributed by atoms with Gasteiger partial charge >= 0.3 is 0 Å². The van der Waals surface area contributed by atoms with Gasteiger partial charge in [0.25, 0.3) is 0 Å². The molecule has 2 nitrogen and oxygen atoms in total. The molecule has 0 fully saturated rings. The van der Waals surface area contributed by atoms with E-state index >= 15 is 0 Å². The summed E-state index contributed by atoms with van der Waals surface area (Å²) in [5.74, 6) is 0. The van der Waals surface area contributed by atoms with Crippen LogP contribution in [0.25, 0.3) is 21.9 Å². The zero-order valence-corrected chi connectivity index (χ0v) is 20.1. The first-order valence-corrected chi connectivity index (χ1v) is 12.1. The Morgan fingerprint density at radius 3 is 2.33 bits per heavy atom. The van der Waals surface area contributed by atoms with Crippen LogP contribution in [-0.2, 0) is 6.42 Å². The fourth-order valence-electron chi connectivity index (χ4n) is 4.56. The van der Waals surface area contributed by atoms with Gasteiger partial charge in [-0.05, 0) is 63.8 Å². The SMILES string of the molecule is C=C1/C=C(c2ccccc2)\C=C/N(/C(C=N)=C/C=C/Cc2ccccc2)c2ccc3ccccc3c21. The van der Waals surface area contributed by atoms with Gasteiger partial charge in [-0.25, -0.2) is 0 Å². The summed E-state index contributed by atoms with van der Waals surface area (Å²) < 4.78 is 0. The number of anilines is 1. The summed E-state index contributed by atoms with van der Waals surface area (Å²) >= 11 is 0. The lowest BCUT2D eigenvalue weighted by Gasteiger charge is -2.27. The fourth-order valence-corrected chi connectivity index (χ4v) is 4.56. The van der Waals surface area contributed by atoms with Crippen molar-refractivity contribution in [3.8, 4) is 0 Å². The summed E-state index contributed by atoms with van der Waals surface area (Å²) in [6.45, 7) is 4.48. The minimum absolute atomic E-state index is 0.772. The van der Waals surface area contributed by atoms with E-state index in [-0.39, 0.29) is 0 Å². The summed E-state index contributed by atoms with van der Waals surface area (Å²) in [4.78, 5) is 2.09. The number of hydrogen-bond acceptors (Lipinski definition) is 2. The van der Waals surface area contributed by atoms with E-state index in [1.165, 1.54) is 17.2 Å². The van der Waals surface area contributed by atoms with Crippen molar-refractivity contribution in [1.29, 1.82) is 5.41 Å². The summed E-state index contributed by atoms with van der Waals surface area (Å²) in [6, 6.07) is 33.4. The second-order valence-corrected chi connectivity index (χ2v) is 8.71. The maximum absolute atomic E-state index is 8.25. The second-order valence-electron chi connectivity index (χ2n) is 8.71. The average Bonchev–Trinajstić information content (AvgIpc) is 2.93. The molecule has 1 N–H and O–H groups in total. The first kappa shape index (κ1) is 23.1. The molecule has 0 bridgehead atoms. The van der Waals surface area contributed by atoms with Crippen LogP contribution in [-0.4, -0.2) is 6.21 Å². The predicted molar refractivity (Wildman–Crippen MR) is 155 cm³/mol. The first-order chi connectivity index (χ1) is 17.7. The van der Waals surface area contributed by atoms with E-state index in [1.54, 1.807) is 0 Å².